The fourth-order valence-corrected chi connectivity index (χ4v) is 3.82. The normalized spacial score (nSPS) is 23.5. The maximum atomic E-state index is 12.6. The van der Waals surface area contributed by atoms with Crippen molar-refractivity contribution in [3.05, 3.63) is 30.1 Å². The topological polar surface area (TPSA) is 78.5 Å². The molecule has 1 atom stereocenters. The molecule has 0 unspecified atom stereocenters. The largest absolute Gasteiger partial charge is 0.439 e. The van der Waals surface area contributed by atoms with E-state index in [1.807, 2.05) is 29.2 Å². The minimum absolute atomic E-state index is 0.0881. The lowest BCUT2D eigenvalue weighted by molar-refractivity contribution is -0.136. The van der Waals surface area contributed by atoms with Crippen molar-refractivity contribution < 1.29 is 14.3 Å². The van der Waals surface area contributed by atoms with Crippen LogP contribution in [0.4, 0.5) is 4.79 Å². The van der Waals surface area contributed by atoms with E-state index in [2.05, 4.69) is 9.97 Å². The molecule has 2 aliphatic heterocycles. The summed E-state index contributed by atoms with van der Waals surface area (Å²) >= 11 is 0. The van der Waals surface area contributed by atoms with Crippen LogP contribution in [0.15, 0.2) is 24.3 Å². The Kier molecular flexibility index (Phi) is 3.86. The zero-order chi connectivity index (χ0) is 17.4. The van der Waals surface area contributed by atoms with Crippen LogP contribution in [0.2, 0.25) is 0 Å². The van der Waals surface area contributed by atoms with Crippen molar-refractivity contribution in [2.24, 2.45) is 0 Å². The van der Waals surface area contributed by atoms with E-state index < -0.39 is 5.60 Å². The number of rotatable bonds is 3. The van der Waals surface area contributed by atoms with Gasteiger partial charge in [-0.2, -0.15) is 0 Å². The highest BCUT2D eigenvalue weighted by molar-refractivity contribution is 5.78. The lowest BCUT2D eigenvalue weighted by Gasteiger charge is -2.38. The van der Waals surface area contributed by atoms with Crippen LogP contribution >= 0.6 is 0 Å². The number of aromatic amines is 1. The highest BCUT2D eigenvalue weighted by atomic mass is 16.6. The van der Waals surface area contributed by atoms with E-state index in [0.717, 1.165) is 36.2 Å². The SMILES string of the molecule is CN1C[C@]2(CCCN(C(=O)CCc3nc4ccccc4[nH]3)C2)OC1=O. The number of hydrogen-bond acceptors (Lipinski definition) is 4. The number of imidazole rings is 1. The van der Waals surface area contributed by atoms with Crippen LogP contribution < -0.4 is 0 Å². The molecule has 2 amide bonds. The molecule has 0 aliphatic carbocycles. The number of fused-ring (bicyclic) bond motifs is 1. The number of benzene rings is 1. The molecule has 132 valence electrons. The summed E-state index contributed by atoms with van der Waals surface area (Å²) in [5.74, 6) is 0.915. The molecule has 1 aromatic heterocycles. The van der Waals surface area contributed by atoms with E-state index in [0.29, 0.717) is 25.9 Å². The highest BCUT2D eigenvalue weighted by Gasteiger charge is 2.47. The van der Waals surface area contributed by atoms with Gasteiger partial charge in [-0.15, -0.1) is 0 Å². The van der Waals surface area contributed by atoms with E-state index in [1.54, 1.807) is 11.9 Å². The van der Waals surface area contributed by atoms with E-state index in [4.69, 9.17) is 4.74 Å². The number of carbonyl (C=O) groups is 2. The van der Waals surface area contributed by atoms with Gasteiger partial charge in [0.25, 0.3) is 0 Å². The average molecular weight is 342 g/mol. The van der Waals surface area contributed by atoms with Gasteiger partial charge in [-0.05, 0) is 25.0 Å². The Balaban J connectivity index is 1.38. The maximum Gasteiger partial charge on any atom is 0.410 e. The summed E-state index contributed by atoms with van der Waals surface area (Å²) in [7, 11) is 1.74. The number of likely N-dealkylation sites (tertiary alicyclic amines) is 1. The first kappa shape index (κ1) is 15.9. The molecule has 2 aromatic rings. The van der Waals surface area contributed by atoms with Crippen molar-refractivity contribution in [2.45, 2.75) is 31.3 Å². The third-order valence-corrected chi connectivity index (χ3v) is 5.05. The van der Waals surface area contributed by atoms with Crippen LogP contribution in [-0.4, -0.2) is 64.1 Å². The summed E-state index contributed by atoms with van der Waals surface area (Å²) in [6, 6.07) is 7.84. The van der Waals surface area contributed by atoms with Gasteiger partial charge in [0.1, 0.15) is 11.4 Å². The number of aryl methyl sites for hydroxylation is 1. The van der Waals surface area contributed by atoms with E-state index in [-0.39, 0.29) is 12.0 Å². The molecule has 1 aromatic carbocycles. The Morgan fingerprint density at radius 3 is 2.96 bits per heavy atom. The number of piperidine rings is 1. The molecule has 7 heteroatoms. The quantitative estimate of drug-likeness (QED) is 0.924. The third kappa shape index (κ3) is 3.06. The van der Waals surface area contributed by atoms with Gasteiger partial charge in [-0.1, -0.05) is 12.1 Å². The number of H-pyrrole nitrogens is 1. The van der Waals surface area contributed by atoms with E-state index in [1.165, 1.54) is 0 Å². The Bertz CT molecular complexity index is 785. The molecule has 3 heterocycles. The summed E-state index contributed by atoms with van der Waals surface area (Å²) in [6.07, 6.45) is 2.36. The Morgan fingerprint density at radius 2 is 2.20 bits per heavy atom. The van der Waals surface area contributed by atoms with Gasteiger partial charge in [0.2, 0.25) is 5.91 Å². The molecular formula is C18H22N4O3. The van der Waals surface area contributed by atoms with Crippen molar-refractivity contribution in [3.63, 3.8) is 0 Å². The molecule has 1 N–H and O–H groups in total. The van der Waals surface area contributed by atoms with E-state index >= 15 is 0 Å². The number of aromatic nitrogens is 2. The van der Waals surface area contributed by atoms with Crippen LogP contribution in [-0.2, 0) is 16.0 Å². The first-order valence-electron chi connectivity index (χ1n) is 8.70. The van der Waals surface area contributed by atoms with Gasteiger partial charge in [0.15, 0.2) is 0 Å². The first-order chi connectivity index (χ1) is 12.0. The molecular weight excluding hydrogens is 320 g/mol. The predicted molar refractivity (Wildman–Crippen MR) is 92.1 cm³/mol. The average Bonchev–Trinajstić information content (AvgIpc) is 3.13. The molecule has 4 rings (SSSR count). The van der Waals surface area contributed by atoms with Crippen molar-refractivity contribution in [2.75, 3.05) is 26.7 Å². The van der Waals surface area contributed by atoms with Gasteiger partial charge in [0, 0.05) is 26.4 Å². The number of hydrogen-bond donors (Lipinski definition) is 1. The lowest BCUT2D eigenvalue weighted by atomic mass is 9.92. The predicted octanol–water partition coefficient (Wildman–Crippen LogP) is 1.94. The second-order valence-corrected chi connectivity index (χ2v) is 7.03. The fourth-order valence-electron chi connectivity index (χ4n) is 3.82. The van der Waals surface area contributed by atoms with Crippen LogP contribution in [0.1, 0.15) is 25.1 Å². The molecule has 2 saturated heterocycles. The summed E-state index contributed by atoms with van der Waals surface area (Å²) in [5.41, 5.74) is 1.38. The lowest BCUT2D eigenvalue weighted by Crippen LogP contribution is -2.52. The van der Waals surface area contributed by atoms with Crippen LogP contribution in [0.25, 0.3) is 11.0 Å². The van der Waals surface area contributed by atoms with Crippen molar-refractivity contribution in [3.8, 4) is 0 Å². The zero-order valence-corrected chi connectivity index (χ0v) is 14.3. The number of para-hydroxylation sites is 2. The number of nitrogens with zero attached hydrogens (tertiary/aromatic N) is 3. The van der Waals surface area contributed by atoms with Crippen LogP contribution in [0.3, 0.4) is 0 Å². The van der Waals surface area contributed by atoms with Gasteiger partial charge < -0.3 is 19.5 Å². The number of carbonyl (C=O) groups excluding carboxylic acids is 2. The smallest absolute Gasteiger partial charge is 0.410 e. The fraction of sp³-hybridized carbons (Fsp3) is 0.500. The highest BCUT2D eigenvalue weighted by Crippen LogP contribution is 2.31. The molecule has 2 fully saturated rings. The Hall–Kier alpha value is -2.57. The van der Waals surface area contributed by atoms with Gasteiger partial charge >= 0.3 is 6.09 Å². The Morgan fingerprint density at radius 1 is 1.36 bits per heavy atom. The molecule has 0 bridgehead atoms. The van der Waals surface area contributed by atoms with Crippen LogP contribution in [0, 0.1) is 0 Å². The molecule has 0 radical (unpaired) electrons. The summed E-state index contributed by atoms with van der Waals surface area (Å²) < 4.78 is 5.56. The van der Waals surface area contributed by atoms with Gasteiger partial charge in [0.05, 0.1) is 24.1 Å². The molecule has 1 spiro atoms. The first-order valence-corrected chi connectivity index (χ1v) is 8.70. The molecule has 2 aliphatic rings. The standard InChI is InChI=1S/C18H22N4O3/c1-21-11-18(25-17(21)24)9-4-10-22(12-18)16(23)8-7-15-19-13-5-2-3-6-14(13)20-15/h2-3,5-6H,4,7-12H2,1H3,(H,19,20)/t18-/m0/s1. The van der Waals surface area contributed by atoms with Gasteiger partial charge in [-0.3, -0.25) is 4.79 Å². The van der Waals surface area contributed by atoms with Crippen molar-refractivity contribution >= 4 is 23.0 Å². The summed E-state index contributed by atoms with van der Waals surface area (Å²) in [6.45, 7) is 1.77. The monoisotopic (exact) mass is 342 g/mol. The zero-order valence-electron chi connectivity index (χ0n) is 14.3. The molecule has 7 nitrogen and oxygen atoms in total. The number of nitrogens with one attached hydrogen (secondary N) is 1. The van der Waals surface area contributed by atoms with Crippen LogP contribution in [0.5, 0.6) is 0 Å². The van der Waals surface area contributed by atoms with Crippen molar-refractivity contribution in [1.29, 1.82) is 0 Å². The number of ether oxygens (including phenoxy) is 1. The van der Waals surface area contributed by atoms with E-state index in [9.17, 15) is 9.59 Å². The Labute approximate surface area is 146 Å². The number of amides is 2. The van der Waals surface area contributed by atoms with Crippen molar-refractivity contribution in [1.82, 2.24) is 19.8 Å². The minimum Gasteiger partial charge on any atom is -0.439 e. The molecule has 25 heavy (non-hydrogen) atoms. The number of likely N-dealkylation sites (N-methyl/N-ethyl adjacent to an activating group) is 1. The minimum atomic E-state index is -0.529. The maximum absolute atomic E-state index is 12.6. The second-order valence-electron chi connectivity index (χ2n) is 7.03. The second kappa shape index (κ2) is 6.06. The van der Waals surface area contributed by atoms with Gasteiger partial charge in [-0.25, -0.2) is 9.78 Å². The molecule has 0 saturated carbocycles. The third-order valence-electron chi connectivity index (χ3n) is 5.05. The summed E-state index contributed by atoms with van der Waals surface area (Å²) in [4.78, 5) is 35.5. The summed E-state index contributed by atoms with van der Waals surface area (Å²) in [5, 5.41) is 0.